The fourth-order valence-electron chi connectivity index (χ4n) is 0.447. The van der Waals surface area contributed by atoms with Gasteiger partial charge in [-0.05, 0) is 47.3 Å². The van der Waals surface area contributed by atoms with Crippen molar-refractivity contribution in [2.45, 2.75) is 109 Å². The van der Waals surface area contributed by atoms with Crippen molar-refractivity contribution in [1.29, 1.82) is 0 Å². The van der Waals surface area contributed by atoms with E-state index < -0.39 is 0 Å². The van der Waals surface area contributed by atoms with Gasteiger partial charge in [-0.3, -0.25) is 0 Å². The molecule has 29 heavy (non-hydrogen) atoms. The molecule has 0 fully saturated rings. The molecule has 0 atom stereocenters. The first-order chi connectivity index (χ1) is 12.5. The molecule has 0 aliphatic carbocycles. The van der Waals surface area contributed by atoms with Gasteiger partial charge in [0.2, 0.25) is 0 Å². The van der Waals surface area contributed by atoms with Crippen molar-refractivity contribution in [3.8, 4) is 0 Å². The van der Waals surface area contributed by atoms with Gasteiger partial charge in [-0.1, -0.05) is 83.1 Å². The van der Waals surface area contributed by atoms with Gasteiger partial charge in [0.1, 0.15) is 0 Å². The first-order valence-corrected chi connectivity index (χ1v) is 10.9. The zero-order valence-corrected chi connectivity index (χ0v) is 23.5. The topological polar surface area (TPSA) is 80.9 Å². The van der Waals surface area contributed by atoms with Crippen LogP contribution in [0.3, 0.4) is 0 Å². The maximum Gasteiger partial charge on any atom is 0.0482 e. The van der Waals surface area contributed by atoms with Crippen LogP contribution in [-0.4, -0.2) is 46.9 Å². The molecule has 0 unspecified atom stereocenters. The van der Waals surface area contributed by atoms with Crippen molar-refractivity contribution < 1.29 is 42.1 Å². The summed E-state index contributed by atoms with van der Waals surface area (Å²) in [6, 6.07) is 0. The first-order valence-electron chi connectivity index (χ1n) is 10.9. The van der Waals surface area contributed by atoms with E-state index in [-0.39, 0.29) is 43.4 Å². The average Bonchev–Trinajstić information content (AvgIpc) is 2.69. The number of rotatable bonds is 8. The quantitative estimate of drug-likeness (QED) is 0.356. The van der Waals surface area contributed by atoms with Gasteiger partial charge in [-0.25, -0.2) is 0 Å². The molecule has 0 bridgehead atoms. The molecule has 0 aromatic heterocycles. The summed E-state index contributed by atoms with van der Waals surface area (Å²) < 4.78 is 0. The van der Waals surface area contributed by atoms with E-state index in [1.807, 2.05) is 55.4 Å². The second kappa shape index (κ2) is 20.5. The largest absolute Gasteiger partial charge is 0.396 e. The Hall–Kier alpha value is 0.554. The summed E-state index contributed by atoms with van der Waals surface area (Å²) in [4.78, 5) is 0. The molecule has 4 nitrogen and oxygen atoms in total. The summed E-state index contributed by atoms with van der Waals surface area (Å²) in [7, 11) is 0. The fourth-order valence-corrected chi connectivity index (χ4v) is 0.447. The van der Waals surface area contributed by atoms with Gasteiger partial charge in [0.15, 0.2) is 0 Å². The van der Waals surface area contributed by atoms with Crippen LogP contribution in [-0.2, 0) is 21.7 Å². The van der Waals surface area contributed by atoms with Crippen LogP contribution in [0.2, 0.25) is 0 Å². The molecule has 0 saturated heterocycles. The monoisotopic (exact) mass is 456 g/mol. The average molecular weight is 457 g/mol. The second-order valence-corrected chi connectivity index (χ2v) is 10.7. The predicted octanol–water partition coefficient (Wildman–Crippen LogP) is 5.66. The van der Waals surface area contributed by atoms with Crippen LogP contribution in [0.5, 0.6) is 0 Å². The van der Waals surface area contributed by atoms with Crippen molar-refractivity contribution >= 4 is 0 Å². The molecular formula is C24H56O4Ti. The van der Waals surface area contributed by atoms with E-state index in [0.717, 1.165) is 25.7 Å². The Balaban J connectivity index is -0.0000000873. The summed E-state index contributed by atoms with van der Waals surface area (Å²) in [5.41, 5.74) is 0.556. The minimum atomic E-state index is 0. The normalized spacial score (nSPS) is 11.6. The molecule has 0 heterocycles. The minimum Gasteiger partial charge on any atom is -0.396 e. The van der Waals surface area contributed by atoms with Crippen molar-refractivity contribution in [3.63, 3.8) is 0 Å². The van der Waals surface area contributed by atoms with E-state index >= 15 is 0 Å². The molecule has 0 spiro atoms. The van der Waals surface area contributed by atoms with Gasteiger partial charge < -0.3 is 20.4 Å². The third-order valence-corrected chi connectivity index (χ3v) is 5.54. The van der Waals surface area contributed by atoms with Crippen molar-refractivity contribution in [2.24, 2.45) is 21.7 Å². The number of hydrogen-bond acceptors (Lipinski definition) is 4. The fraction of sp³-hybridized carbons (Fsp3) is 1.00. The summed E-state index contributed by atoms with van der Waals surface area (Å²) >= 11 is 0. The van der Waals surface area contributed by atoms with Gasteiger partial charge in [0.25, 0.3) is 0 Å². The van der Waals surface area contributed by atoms with Gasteiger partial charge in [-0.2, -0.15) is 0 Å². The Morgan fingerprint density at radius 2 is 0.483 bits per heavy atom. The number of hydrogen-bond donors (Lipinski definition) is 4. The Kier molecular flexibility index (Phi) is 28.2. The molecule has 0 aliphatic heterocycles. The summed E-state index contributed by atoms with van der Waals surface area (Å²) in [5.74, 6) is 0. The smallest absolute Gasteiger partial charge is 0.0482 e. The van der Waals surface area contributed by atoms with Gasteiger partial charge in [0.05, 0.1) is 0 Å². The van der Waals surface area contributed by atoms with Gasteiger partial charge >= 0.3 is 0 Å². The van der Waals surface area contributed by atoms with Crippen LogP contribution < -0.4 is 0 Å². The first kappa shape index (κ1) is 40.0. The molecular weight excluding hydrogens is 400 g/mol. The Morgan fingerprint density at radius 3 is 0.483 bits per heavy atom. The van der Waals surface area contributed by atoms with Crippen LogP contribution in [0.15, 0.2) is 0 Å². The van der Waals surface area contributed by atoms with E-state index in [1.165, 1.54) is 0 Å². The van der Waals surface area contributed by atoms with Crippen LogP contribution in [0.1, 0.15) is 109 Å². The molecule has 0 aromatic rings. The predicted molar refractivity (Wildman–Crippen MR) is 125 cm³/mol. The van der Waals surface area contributed by atoms with Crippen LogP contribution in [0, 0.1) is 21.7 Å². The van der Waals surface area contributed by atoms with E-state index in [9.17, 15) is 0 Å². The summed E-state index contributed by atoms with van der Waals surface area (Å²) in [5, 5.41) is 34.4. The second-order valence-electron chi connectivity index (χ2n) is 10.7. The SMILES string of the molecule is CCC(C)(C)CO.CCC(C)(C)CO.CCC(C)(C)CO.CCC(C)(C)CO.[Ti]. The molecule has 0 aliphatic rings. The molecule has 4 N–H and O–H groups in total. The molecule has 0 rings (SSSR count). The van der Waals surface area contributed by atoms with Crippen molar-refractivity contribution in [1.82, 2.24) is 0 Å². The minimum absolute atomic E-state index is 0. The Morgan fingerprint density at radius 1 is 0.379 bits per heavy atom. The standard InChI is InChI=1S/4C6H14O.Ti/c4*1-4-6(2,3)5-7;/h4*7H,4-5H2,1-3H3;. The van der Waals surface area contributed by atoms with Gasteiger partial charge in [-0.15, -0.1) is 0 Å². The van der Waals surface area contributed by atoms with Crippen molar-refractivity contribution in [3.05, 3.63) is 0 Å². The number of aliphatic hydroxyl groups is 4. The Bertz CT molecular complexity index is 239. The third kappa shape index (κ3) is 33.4. The number of aliphatic hydroxyl groups excluding tert-OH is 4. The third-order valence-electron chi connectivity index (χ3n) is 5.54. The zero-order valence-electron chi connectivity index (χ0n) is 21.9. The van der Waals surface area contributed by atoms with Crippen molar-refractivity contribution in [2.75, 3.05) is 26.4 Å². The molecule has 0 amide bonds. The molecule has 0 saturated carbocycles. The van der Waals surface area contributed by atoms with Gasteiger partial charge in [0, 0.05) is 48.1 Å². The maximum absolute atomic E-state index is 8.59. The zero-order chi connectivity index (χ0) is 23.7. The molecule has 5 heteroatoms. The molecule has 180 valence electrons. The van der Waals surface area contributed by atoms with E-state index in [4.69, 9.17) is 20.4 Å². The molecule has 0 radical (unpaired) electrons. The van der Waals surface area contributed by atoms with Crippen LogP contribution in [0.4, 0.5) is 0 Å². The Labute approximate surface area is 198 Å². The summed E-state index contributed by atoms with van der Waals surface area (Å²) in [6.45, 7) is 25.9. The molecule has 0 aromatic carbocycles. The van der Waals surface area contributed by atoms with E-state index in [0.29, 0.717) is 26.4 Å². The van der Waals surface area contributed by atoms with Crippen LogP contribution in [0.25, 0.3) is 0 Å². The van der Waals surface area contributed by atoms with E-state index in [2.05, 4.69) is 27.7 Å². The summed E-state index contributed by atoms with van der Waals surface area (Å²) in [6.07, 6.45) is 4.18. The van der Waals surface area contributed by atoms with Crippen LogP contribution >= 0.6 is 0 Å². The maximum atomic E-state index is 8.59. The van der Waals surface area contributed by atoms with E-state index in [1.54, 1.807) is 0 Å².